The Morgan fingerprint density at radius 2 is 1.78 bits per heavy atom. The van der Waals surface area contributed by atoms with E-state index >= 15 is 0 Å². The van der Waals surface area contributed by atoms with Crippen molar-refractivity contribution in [1.29, 1.82) is 0 Å². The summed E-state index contributed by atoms with van der Waals surface area (Å²) in [5, 5.41) is 2.88. The highest BCUT2D eigenvalue weighted by molar-refractivity contribution is 7.89. The van der Waals surface area contributed by atoms with Crippen molar-refractivity contribution in [3.8, 4) is 0 Å². The molecule has 11 heteroatoms. The molecule has 2 heterocycles. The minimum Gasteiger partial charge on any atom is -0.448 e. The lowest BCUT2D eigenvalue weighted by Crippen LogP contribution is -2.51. The molecular weight excluding hydrogens is 487 g/mol. The minimum atomic E-state index is -3.95. The molecule has 2 fully saturated rings. The monoisotopic (exact) mass is 518 g/mol. The summed E-state index contributed by atoms with van der Waals surface area (Å²) >= 11 is 0. The largest absolute Gasteiger partial charge is 0.448 e. The SMILES string of the molecule is O=NCCN1CCN(C(=O)OC[C@H]2CCCC(c3cccc(F)c3)N2S(=O)(=O)c2ccccc2)CC1. The van der Waals surface area contributed by atoms with Gasteiger partial charge in [-0.05, 0) is 49.1 Å². The van der Waals surface area contributed by atoms with E-state index in [-0.39, 0.29) is 18.0 Å². The number of benzene rings is 2. The molecule has 0 bridgehead atoms. The van der Waals surface area contributed by atoms with Gasteiger partial charge in [0.1, 0.15) is 12.4 Å². The Balaban J connectivity index is 1.51. The predicted octanol–water partition coefficient (Wildman–Crippen LogP) is 3.63. The average molecular weight is 519 g/mol. The van der Waals surface area contributed by atoms with E-state index in [1.54, 1.807) is 35.2 Å². The maximum Gasteiger partial charge on any atom is 0.409 e. The van der Waals surface area contributed by atoms with Crippen LogP contribution in [0, 0.1) is 10.7 Å². The first-order valence-electron chi connectivity index (χ1n) is 12.2. The van der Waals surface area contributed by atoms with Gasteiger partial charge >= 0.3 is 6.09 Å². The van der Waals surface area contributed by atoms with E-state index in [2.05, 4.69) is 10.1 Å². The molecule has 1 amide bonds. The van der Waals surface area contributed by atoms with Crippen molar-refractivity contribution in [3.63, 3.8) is 0 Å². The van der Waals surface area contributed by atoms with Crippen LogP contribution in [-0.2, 0) is 14.8 Å². The summed E-state index contributed by atoms with van der Waals surface area (Å²) in [6, 6.07) is 13.0. The lowest BCUT2D eigenvalue weighted by Gasteiger charge is -2.41. The van der Waals surface area contributed by atoms with Crippen molar-refractivity contribution in [2.24, 2.45) is 5.18 Å². The molecule has 0 saturated carbocycles. The summed E-state index contributed by atoms with van der Waals surface area (Å²) in [5.41, 5.74) is 0.575. The number of nitrogens with zero attached hydrogens (tertiary/aromatic N) is 4. The lowest BCUT2D eigenvalue weighted by molar-refractivity contribution is 0.0491. The number of ether oxygens (including phenoxy) is 1. The third-order valence-corrected chi connectivity index (χ3v) is 8.75. The molecular formula is C25H31FN4O5S. The Morgan fingerprint density at radius 1 is 1.03 bits per heavy atom. The third-order valence-electron chi connectivity index (χ3n) is 6.77. The number of piperidine rings is 1. The number of sulfonamides is 1. The van der Waals surface area contributed by atoms with E-state index in [1.165, 1.54) is 28.6 Å². The standard InChI is InChI=1S/C25H31FN4O5S/c26-21-7-4-6-20(18-21)24-11-5-8-22(30(24)36(33,34)23-9-2-1-3-10-23)19-35-25(31)29-16-14-28(15-17-29)13-12-27-32/h1-4,6-7,9-10,18,22,24H,5,8,11-17,19H2/t22-,24?/m1/s1. The van der Waals surface area contributed by atoms with Crippen molar-refractivity contribution in [3.05, 3.63) is 70.9 Å². The molecule has 2 atom stereocenters. The van der Waals surface area contributed by atoms with Gasteiger partial charge in [0.15, 0.2) is 0 Å². The Morgan fingerprint density at radius 3 is 2.47 bits per heavy atom. The number of halogens is 1. The molecule has 0 aliphatic carbocycles. The van der Waals surface area contributed by atoms with Crippen molar-refractivity contribution in [2.45, 2.75) is 36.2 Å². The van der Waals surface area contributed by atoms with E-state index in [1.807, 2.05) is 0 Å². The molecule has 2 saturated heterocycles. The highest BCUT2D eigenvalue weighted by Gasteiger charge is 2.41. The fourth-order valence-electron chi connectivity index (χ4n) is 4.91. The van der Waals surface area contributed by atoms with Gasteiger partial charge in [-0.15, -0.1) is 0 Å². The number of hydrogen-bond acceptors (Lipinski definition) is 7. The van der Waals surface area contributed by atoms with Gasteiger partial charge in [-0.2, -0.15) is 9.21 Å². The number of amides is 1. The van der Waals surface area contributed by atoms with Crippen molar-refractivity contribution < 1.29 is 22.3 Å². The number of carbonyl (C=O) groups excluding carboxylic acids is 1. The van der Waals surface area contributed by atoms with Crippen LogP contribution in [0.3, 0.4) is 0 Å². The molecule has 9 nitrogen and oxygen atoms in total. The highest BCUT2D eigenvalue weighted by atomic mass is 32.2. The van der Waals surface area contributed by atoms with E-state index in [9.17, 15) is 22.5 Å². The minimum absolute atomic E-state index is 0.0913. The normalized spacial score (nSPS) is 21.8. The molecule has 2 aliphatic heterocycles. The fraction of sp³-hybridized carbons (Fsp3) is 0.480. The van der Waals surface area contributed by atoms with Crippen LogP contribution in [0.4, 0.5) is 9.18 Å². The topological polar surface area (TPSA) is 99.6 Å². The first-order chi connectivity index (χ1) is 17.4. The molecule has 2 aromatic rings. The van der Waals surface area contributed by atoms with Gasteiger partial charge in [0.25, 0.3) is 0 Å². The highest BCUT2D eigenvalue weighted by Crippen LogP contribution is 2.39. The van der Waals surface area contributed by atoms with E-state index < -0.39 is 34.0 Å². The number of rotatable bonds is 8. The number of piperazine rings is 1. The maximum atomic E-state index is 14.1. The van der Waals surface area contributed by atoms with E-state index in [0.29, 0.717) is 57.5 Å². The smallest absolute Gasteiger partial charge is 0.409 e. The van der Waals surface area contributed by atoms with Crippen LogP contribution in [-0.4, -0.2) is 80.5 Å². The summed E-state index contributed by atoms with van der Waals surface area (Å²) in [7, 11) is -3.95. The van der Waals surface area contributed by atoms with Crippen LogP contribution < -0.4 is 0 Å². The predicted molar refractivity (Wildman–Crippen MR) is 132 cm³/mol. The van der Waals surface area contributed by atoms with E-state index in [0.717, 1.165) is 0 Å². The van der Waals surface area contributed by atoms with Crippen LogP contribution >= 0.6 is 0 Å². The molecule has 36 heavy (non-hydrogen) atoms. The van der Waals surface area contributed by atoms with Crippen molar-refractivity contribution >= 4 is 16.1 Å². The van der Waals surface area contributed by atoms with Crippen LogP contribution in [0.5, 0.6) is 0 Å². The molecule has 194 valence electrons. The Hall–Kier alpha value is -2.89. The second-order valence-corrected chi connectivity index (χ2v) is 10.9. The van der Waals surface area contributed by atoms with Gasteiger partial charge in [0, 0.05) is 32.7 Å². The zero-order valence-corrected chi connectivity index (χ0v) is 20.9. The zero-order valence-electron chi connectivity index (χ0n) is 20.0. The molecule has 4 rings (SSSR count). The zero-order chi connectivity index (χ0) is 25.5. The Kier molecular flexibility index (Phi) is 8.65. The quantitative estimate of drug-likeness (QED) is 0.495. The summed E-state index contributed by atoms with van der Waals surface area (Å²) in [6.07, 6.45) is 1.29. The number of carbonyl (C=O) groups is 1. The summed E-state index contributed by atoms with van der Waals surface area (Å²) in [6.45, 7) is 2.83. The summed E-state index contributed by atoms with van der Waals surface area (Å²) < 4.78 is 48.6. The Bertz CT molecular complexity index is 1140. The first-order valence-corrected chi connectivity index (χ1v) is 13.6. The lowest BCUT2D eigenvalue weighted by atomic mass is 9.93. The molecule has 0 aromatic heterocycles. The molecule has 2 aromatic carbocycles. The second-order valence-electron chi connectivity index (χ2n) is 9.06. The van der Waals surface area contributed by atoms with Crippen LogP contribution in [0.25, 0.3) is 0 Å². The average Bonchev–Trinajstić information content (AvgIpc) is 2.91. The van der Waals surface area contributed by atoms with Crippen LogP contribution in [0.2, 0.25) is 0 Å². The molecule has 0 N–H and O–H groups in total. The maximum absolute atomic E-state index is 14.1. The molecule has 0 spiro atoms. The molecule has 2 aliphatic rings. The second kappa shape index (κ2) is 11.9. The van der Waals surface area contributed by atoms with Gasteiger partial charge in [-0.1, -0.05) is 35.5 Å². The number of nitroso groups, excluding NO2 is 1. The van der Waals surface area contributed by atoms with Crippen LogP contribution in [0.15, 0.2) is 64.7 Å². The van der Waals surface area contributed by atoms with Gasteiger partial charge in [0.2, 0.25) is 10.0 Å². The van der Waals surface area contributed by atoms with Crippen molar-refractivity contribution in [2.75, 3.05) is 45.9 Å². The van der Waals surface area contributed by atoms with Gasteiger partial charge in [-0.3, -0.25) is 4.90 Å². The van der Waals surface area contributed by atoms with Gasteiger partial charge < -0.3 is 9.64 Å². The summed E-state index contributed by atoms with van der Waals surface area (Å²) in [5.74, 6) is -0.429. The summed E-state index contributed by atoms with van der Waals surface area (Å²) in [4.78, 5) is 26.9. The molecule has 0 radical (unpaired) electrons. The number of hydrogen-bond donors (Lipinski definition) is 0. The van der Waals surface area contributed by atoms with Crippen molar-refractivity contribution in [1.82, 2.24) is 14.1 Å². The first kappa shape index (κ1) is 26.2. The Labute approximate surface area is 210 Å². The van der Waals surface area contributed by atoms with Gasteiger partial charge in [-0.25, -0.2) is 17.6 Å². The molecule has 1 unspecified atom stereocenters. The third kappa shape index (κ3) is 6.08. The van der Waals surface area contributed by atoms with Gasteiger partial charge in [0.05, 0.1) is 23.5 Å². The fourth-order valence-corrected chi connectivity index (χ4v) is 6.78. The van der Waals surface area contributed by atoms with E-state index in [4.69, 9.17) is 4.74 Å². The van der Waals surface area contributed by atoms with Crippen LogP contribution in [0.1, 0.15) is 30.9 Å².